The molecule has 1 heterocycles. The topological polar surface area (TPSA) is 30.1 Å². The van der Waals surface area contributed by atoms with E-state index in [0.29, 0.717) is 26.1 Å². The average Bonchev–Trinajstić information content (AvgIpc) is 2.97. The molecule has 146 valence electrons. The molecule has 0 bridgehead atoms. The fraction of sp³-hybridized carbons (Fsp3) is 0.227. The van der Waals surface area contributed by atoms with E-state index in [4.69, 9.17) is 35.4 Å². The molecule has 1 aromatic heterocycles. The summed E-state index contributed by atoms with van der Waals surface area (Å²) in [6.45, 7) is 4.12. The Balaban J connectivity index is 2.17. The minimum atomic E-state index is -1.38. The first-order chi connectivity index (χ1) is 13.2. The normalized spacial score (nSPS) is 14.0. The minimum Gasteiger partial charge on any atom is -0.375 e. The number of aliphatic hydroxyl groups is 1. The summed E-state index contributed by atoms with van der Waals surface area (Å²) in [5.74, 6) is 0. The average molecular weight is 433 g/mol. The Hall–Kier alpha value is -1.85. The molecule has 1 atom stereocenters. The van der Waals surface area contributed by atoms with Gasteiger partial charge in [0.2, 0.25) is 0 Å². The summed E-state index contributed by atoms with van der Waals surface area (Å²) in [7, 11) is 1.87. The molecule has 28 heavy (non-hydrogen) atoms. The molecule has 0 amide bonds. The van der Waals surface area contributed by atoms with Crippen LogP contribution in [0.5, 0.6) is 0 Å². The number of benzene rings is 2. The molecule has 1 N–H and O–H groups in total. The maximum atomic E-state index is 11.8. The molecule has 6 heteroatoms. The van der Waals surface area contributed by atoms with E-state index < -0.39 is 5.60 Å². The summed E-state index contributed by atoms with van der Waals surface area (Å²) in [6, 6.07) is 14.8. The molecule has 0 aliphatic carbocycles. The Labute approximate surface area is 180 Å². The highest BCUT2D eigenvalue weighted by Gasteiger charge is 2.33. The van der Waals surface area contributed by atoms with Gasteiger partial charge in [-0.1, -0.05) is 53.5 Å². The van der Waals surface area contributed by atoms with Gasteiger partial charge in [-0.15, -0.1) is 0 Å². The van der Waals surface area contributed by atoms with Gasteiger partial charge < -0.3 is 14.2 Å². The number of hydrogen-bond acceptors (Lipinski definition) is 2. The SMILES string of the molecule is CC(C)n1cc(C(O)(/C=C/c2ccc(Cl)cc2)c2ccc(Cl)cc2)n(C)c1=S. The number of rotatable bonds is 5. The van der Waals surface area contributed by atoms with Crippen LogP contribution in [0.2, 0.25) is 10.0 Å². The van der Waals surface area contributed by atoms with E-state index in [2.05, 4.69) is 13.8 Å². The summed E-state index contributed by atoms with van der Waals surface area (Å²) in [5, 5.41) is 13.1. The zero-order valence-corrected chi connectivity index (χ0v) is 18.3. The van der Waals surface area contributed by atoms with Crippen LogP contribution in [0.1, 0.15) is 36.7 Å². The molecule has 0 spiro atoms. The van der Waals surface area contributed by atoms with Gasteiger partial charge >= 0.3 is 0 Å². The van der Waals surface area contributed by atoms with Crippen LogP contribution < -0.4 is 0 Å². The van der Waals surface area contributed by atoms with Crippen molar-refractivity contribution in [3.8, 4) is 0 Å². The van der Waals surface area contributed by atoms with Gasteiger partial charge in [0.05, 0.1) is 5.69 Å². The highest BCUT2D eigenvalue weighted by Crippen LogP contribution is 2.34. The lowest BCUT2D eigenvalue weighted by atomic mass is 9.89. The molecule has 3 aromatic rings. The van der Waals surface area contributed by atoms with Crippen molar-refractivity contribution < 1.29 is 5.11 Å². The Morgan fingerprint density at radius 2 is 1.54 bits per heavy atom. The molecular weight excluding hydrogens is 411 g/mol. The number of halogens is 2. The van der Waals surface area contributed by atoms with E-state index in [1.54, 1.807) is 18.2 Å². The highest BCUT2D eigenvalue weighted by atomic mass is 35.5. The van der Waals surface area contributed by atoms with Gasteiger partial charge in [-0.05, 0) is 67.5 Å². The zero-order chi connectivity index (χ0) is 20.5. The molecule has 3 rings (SSSR count). The third-order valence-electron chi connectivity index (χ3n) is 4.75. The molecule has 0 saturated heterocycles. The first-order valence-corrected chi connectivity index (χ1v) is 10.1. The van der Waals surface area contributed by atoms with Crippen molar-refractivity contribution >= 4 is 41.5 Å². The van der Waals surface area contributed by atoms with Gasteiger partial charge in [-0.3, -0.25) is 0 Å². The van der Waals surface area contributed by atoms with Crippen LogP contribution >= 0.6 is 35.4 Å². The maximum Gasteiger partial charge on any atom is 0.180 e. The predicted molar refractivity (Wildman–Crippen MR) is 120 cm³/mol. The van der Waals surface area contributed by atoms with E-state index in [0.717, 1.165) is 5.56 Å². The monoisotopic (exact) mass is 432 g/mol. The van der Waals surface area contributed by atoms with Gasteiger partial charge in [-0.2, -0.15) is 0 Å². The Morgan fingerprint density at radius 3 is 2.04 bits per heavy atom. The third-order valence-corrected chi connectivity index (χ3v) is 5.74. The van der Waals surface area contributed by atoms with Crippen LogP contribution in [0.4, 0.5) is 0 Å². The summed E-state index contributed by atoms with van der Waals surface area (Å²) < 4.78 is 4.47. The molecule has 1 unspecified atom stereocenters. The first-order valence-electron chi connectivity index (χ1n) is 8.94. The van der Waals surface area contributed by atoms with Crippen LogP contribution in [0.25, 0.3) is 6.08 Å². The van der Waals surface area contributed by atoms with E-state index in [1.165, 1.54) is 0 Å². The van der Waals surface area contributed by atoms with Crippen molar-refractivity contribution in [1.82, 2.24) is 9.13 Å². The van der Waals surface area contributed by atoms with Crippen molar-refractivity contribution in [2.45, 2.75) is 25.5 Å². The van der Waals surface area contributed by atoms with Gasteiger partial charge in [0.1, 0.15) is 5.60 Å². The minimum absolute atomic E-state index is 0.183. The summed E-state index contributed by atoms with van der Waals surface area (Å²) >= 11 is 17.6. The zero-order valence-electron chi connectivity index (χ0n) is 15.9. The van der Waals surface area contributed by atoms with Crippen LogP contribution in [-0.4, -0.2) is 14.2 Å². The maximum absolute atomic E-state index is 11.8. The lowest BCUT2D eigenvalue weighted by Gasteiger charge is -2.26. The lowest BCUT2D eigenvalue weighted by molar-refractivity contribution is 0.127. The fourth-order valence-electron chi connectivity index (χ4n) is 3.10. The van der Waals surface area contributed by atoms with Crippen molar-refractivity contribution in [3.05, 3.63) is 92.4 Å². The second-order valence-corrected chi connectivity index (χ2v) is 8.25. The molecule has 0 saturated carbocycles. The third kappa shape index (κ3) is 4.11. The highest BCUT2D eigenvalue weighted by molar-refractivity contribution is 7.71. The quantitative estimate of drug-likeness (QED) is 0.473. The van der Waals surface area contributed by atoms with Crippen LogP contribution in [-0.2, 0) is 12.6 Å². The second-order valence-electron chi connectivity index (χ2n) is 7.02. The first kappa shape index (κ1) is 20.9. The van der Waals surface area contributed by atoms with Crippen LogP contribution in [0, 0.1) is 4.77 Å². The number of imidazole rings is 1. The van der Waals surface area contributed by atoms with Crippen molar-refractivity contribution in [2.24, 2.45) is 7.05 Å². The fourth-order valence-corrected chi connectivity index (χ4v) is 3.71. The lowest BCUT2D eigenvalue weighted by Crippen LogP contribution is -2.27. The Kier molecular flexibility index (Phi) is 6.15. The van der Waals surface area contributed by atoms with Crippen LogP contribution in [0.3, 0.4) is 0 Å². The van der Waals surface area contributed by atoms with Crippen molar-refractivity contribution in [2.75, 3.05) is 0 Å². The molecule has 2 aromatic carbocycles. The largest absolute Gasteiger partial charge is 0.375 e. The summed E-state index contributed by atoms with van der Waals surface area (Å²) in [5.41, 5.74) is 0.931. The Bertz CT molecular complexity index is 1050. The molecule has 0 aliphatic heterocycles. The predicted octanol–water partition coefficient (Wildman–Crippen LogP) is 6.39. The number of hydrogen-bond donors (Lipinski definition) is 1. The summed E-state index contributed by atoms with van der Waals surface area (Å²) in [4.78, 5) is 0. The van der Waals surface area contributed by atoms with Gasteiger partial charge in [0, 0.05) is 29.3 Å². The van der Waals surface area contributed by atoms with Gasteiger partial charge in [-0.25, -0.2) is 0 Å². The summed E-state index contributed by atoms with van der Waals surface area (Å²) in [6.07, 6.45) is 5.56. The van der Waals surface area contributed by atoms with E-state index in [9.17, 15) is 5.11 Å². The second kappa shape index (κ2) is 8.26. The van der Waals surface area contributed by atoms with Crippen molar-refractivity contribution in [3.63, 3.8) is 0 Å². The van der Waals surface area contributed by atoms with E-state index in [-0.39, 0.29) is 6.04 Å². The number of nitrogens with zero attached hydrogens (tertiary/aromatic N) is 2. The Morgan fingerprint density at radius 1 is 1.00 bits per heavy atom. The molecule has 0 fully saturated rings. The molecule has 0 aliphatic rings. The van der Waals surface area contributed by atoms with Gasteiger partial charge in [0.25, 0.3) is 0 Å². The molecular formula is C22H22Cl2N2OS. The van der Waals surface area contributed by atoms with E-state index in [1.807, 2.05) is 64.9 Å². The molecule has 0 radical (unpaired) electrons. The number of aromatic nitrogens is 2. The van der Waals surface area contributed by atoms with Gasteiger partial charge in [0.15, 0.2) is 4.77 Å². The van der Waals surface area contributed by atoms with Crippen molar-refractivity contribution in [1.29, 1.82) is 0 Å². The molecule has 3 nitrogen and oxygen atoms in total. The van der Waals surface area contributed by atoms with E-state index >= 15 is 0 Å². The smallest absolute Gasteiger partial charge is 0.180 e. The van der Waals surface area contributed by atoms with Crippen LogP contribution in [0.15, 0.2) is 60.8 Å². The standard InChI is InChI=1S/C22H22Cl2N2OS/c1-15(2)26-14-20(25(3)21(26)28)22(27,17-6-10-19(24)11-7-17)13-12-16-4-8-18(23)9-5-16/h4-15,27H,1-3H3/b13-12+.